The largest absolute Gasteiger partial charge is 0.497 e. The van der Waals surface area contributed by atoms with Crippen molar-refractivity contribution in [2.24, 2.45) is 0 Å². The maximum absolute atomic E-state index is 12.5. The summed E-state index contributed by atoms with van der Waals surface area (Å²) >= 11 is 1.26. The van der Waals surface area contributed by atoms with Crippen LogP contribution in [-0.4, -0.2) is 39.4 Å². The lowest BCUT2D eigenvalue weighted by atomic mass is 10.2. The number of anilines is 1. The van der Waals surface area contributed by atoms with Crippen LogP contribution in [0.3, 0.4) is 0 Å². The van der Waals surface area contributed by atoms with E-state index in [2.05, 4.69) is 27.4 Å². The van der Waals surface area contributed by atoms with E-state index in [1.807, 2.05) is 29.7 Å². The highest BCUT2D eigenvalue weighted by atomic mass is 32.2. The zero-order valence-electron chi connectivity index (χ0n) is 17.9. The quantitative estimate of drug-likeness (QED) is 0.360. The Morgan fingerprint density at radius 3 is 2.69 bits per heavy atom. The van der Waals surface area contributed by atoms with Gasteiger partial charge in [0.15, 0.2) is 11.0 Å². The Bertz CT molecular complexity index is 1080. The van der Waals surface area contributed by atoms with Crippen LogP contribution in [0.1, 0.15) is 29.1 Å². The molecule has 2 amide bonds. The van der Waals surface area contributed by atoms with Gasteiger partial charge in [0.05, 0.1) is 18.9 Å². The number of amides is 2. The monoisotopic (exact) mass is 451 g/mol. The molecule has 9 heteroatoms. The number of thioether (sulfide) groups is 1. The molecule has 3 aromatic rings. The van der Waals surface area contributed by atoms with Gasteiger partial charge in [-0.15, -0.1) is 16.8 Å². The molecule has 3 rings (SSSR count). The average Bonchev–Trinajstić information content (AvgIpc) is 3.21. The number of rotatable bonds is 10. The fourth-order valence-corrected chi connectivity index (χ4v) is 3.74. The van der Waals surface area contributed by atoms with Gasteiger partial charge in [-0.3, -0.25) is 9.59 Å². The van der Waals surface area contributed by atoms with Gasteiger partial charge in [0.2, 0.25) is 5.91 Å². The van der Waals surface area contributed by atoms with Gasteiger partial charge in [-0.25, -0.2) is 0 Å². The van der Waals surface area contributed by atoms with E-state index in [4.69, 9.17) is 4.74 Å². The minimum absolute atomic E-state index is 0.150. The van der Waals surface area contributed by atoms with Crippen molar-refractivity contribution in [1.82, 2.24) is 20.1 Å². The molecule has 1 aromatic heterocycles. The van der Waals surface area contributed by atoms with Crippen molar-refractivity contribution in [3.63, 3.8) is 0 Å². The molecule has 1 unspecified atom stereocenters. The minimum atomic E-state index is -0.380. The number of hydrogen-bond acceptors (Lipinski definition) is 6. The SMILES string of the molecule is C=CCn1c(SCC(=O)Nc2cccc(OC)c2)nnc1C(C)NC(=O)c1ccccc1. The highest BCUT2D eigenvalue weighted by Crippen LogP contribution is 2.22. The summed E-state index contributed by atoms with van der Waals surface area (Å²) in [6.45, 7) is 6.08. The van der Waals surface area contributed by atoms with Crippen LogP contribution >= 0.6 is 11.8 Å². The third kappa shape index (κ3) is 5.98. The summed E-state index contributed by atoms with van der Waals surface area (Å²) in [6, 6.07) is 15.7. The van der Waals surface area contributed by atoms with E-state index < -0.39 is 0 Å². The molecule has 0 bridgehead atoms. The van der Waals surface area contributed by atoms with Crippen LogP contribution in [0.4, 0.5) is 5.69 Å². The van der Waals surface area contributed by atoms with E-state index in [0.29, 0.717) is 34.5 Å². The molecule has 2 aromatic carbocycles. The average molecular weight is 452 g/mol. The van der Waals surface area contributed by atoms with Gasteiger partial charge in [0.25, 0.3) is 5.91 Å². The molecule has 0 aliphatic carbocycles. The highest BCUT2D eigenvalue weighted by Gasteiger charge is 2.20. The first-order valence-electron chi connectivity index (χ1n) is 9.98. The van der Waals surface area contributed by atoms with E-state index >= 15 is 0 Å². The van der Waals surface area contributed by atoms with E-state index in [-0.39, 0.29) is 23.6 Å². The number of hydrogen-bond donors (Lipinski definition) is 2. The van der Waals surface area contributed by atoms with Crippen molar-refractivity contribution in [2.75, 3.05) is 18.2 Å². The molecule has 8 nitrogen and oxygen atoms in total. The molecule has 0 radical (unpaired) electrons. The van der Waals surface area contributed by atoms with E-state index in [0.717, 1.165) is 0 Å². The standard InChI is InChI=1S/C23H25N5O3S/c1-4-13-28-21(16(2)24-22(30)17-9-6-5-7-10-17)26-27-23(28)32-15-20(29)25-18-11-8-12-19(14-18)31-3/h4-12,14,16H,1,13,15H2,2-3H3,(H,24,30)(H,25,29). The van der Waals surface area contributed by atoms with Crippen molar-refractivity contribution >= 4 is 29.3 Å². The number of methoxy groups -OCH3 is 1. The Morgan fingerprint density at radius 2 is 1.97 bits per heavy atom. The fourth-order valence-electron chi connectivity index (χ4n) is 2.99. The number of nitrogens with one attached hydrogen (secondary N) is 2. The Labute approximate surface area is 191 Å². The molecule has 0 aliphatic heterocycles. The van der Waals surface area contributed by atoms with Gasteiger partial charge >= 0.3 is 0 Å². The van der Waals surface area contributed by atoms with Crippen molar-refractivity contribution in [3.05, 3.63) is 78.6 Å². The van der Waals surface area contributed by atoms with Crippen LogP contribution in [0.25, 0.3) is 0 Å². The van der Waals surface area contributed by atoms with E-state index in [9.17, 15) is 9.59 Å². The summed E-state index contributed by atoms with van der Waals surface area (Å²) in [5, 5.41) is 14.8. The second kappa shape index (κ2) is 11.1. The van der Waals surface area contributed by atoms with Gasteiger partial charge in [-0.1, -0.05) is 42.1 Å². The lowest BCUT2D eigenvalue weighted by Crippen LogP contribution is -2.28. The molecule has 1 atom stereocenters. The van der Waals surface area contributed by atoms with Crippen molar-refractivity contribution < 1.29 is 14.3 Å². The maximum atomic E-state index is 12.5. The first-order valence-corrected chi connectivity index (χ1v) is 11.0. The summed E-state index contributed by atoms with van der Waals surface area (Å²) in [5.41, 5.74) is 1.22. The van der Waals surface area contributed by atoms with E-state index in [1.54, 1.807) is 49.6 Å². The number of carbonyl (C=O) groups excluding carboxylic acids is 2. The van der Waals surface area contributed by atoms with E-state index in [1.165, 1.54) is 11.8 Å². The smallest absolute Gasteiger partial charge is 0.251 e. The predicted molar refractivity (Wildman–Crippen MR) is 125 cm³/mol. The molecule has 0 aliphatic rings. The molecule has 1 heterocycles. The lowest BCUT2D eigenvalue weighted by Gasteiger charge is -2.15. The van der Waals surface area contributed by atoms with Gasteiger partial charge in [0.1, 0.15) is 5.75 Å². The van der Waals surface area contributed by atoms with Gasteiger partial charge in [-0.2, -0.15) is 0 Å². The summed E-state index contributed by atoms with van der Waals surface area (Å²) < 4.78 is 7.01. The predicted octanol–water partition coefficient (Wildman–Crippen LogP) is 3.69. The van der Waals surface area contributed by atoms with Crippen LogP contribution < -0.4 is 15.4 Å². The van der Waals surface area contributed by atoms with Crippen molar-refractivity contribution in [1.29, 1.82) is 0 Å². The zero-order valence-corrected chi connectivity index (χ0v) is 18.8. The second-order valence-electron chi connectivity index (χ2n) is 6.87. The second-order valence-corrected chi connectivity index (χ2v) is 7.81. The third-order valence-electron chi connectivity index (χ3n) is 4.51. The van der Waals surface area contributed by atoms with Crippen LogP contribution in [0.5, 0.6) is 5.75 Å². The fraction of sp³-hybridized carbons (Fsp3) is 0.217. The zero-order chi connectivity index (χ0) is 22.9. The Balaban J connectivity index is 1.65. The molecule has 0 fully saturated rings. The minimum Gasteiger partial charge on any atom is -0.497 e. The molecule has 0 saturated heterocycles. The number of ether oxygens (including phenoxy) is 1. The van der Waals surface area contributed by atoms with Gasteiger partial charge in [-0.05, 0) is 31.2 Å². The first-order chi connectivity index (χ1) is 15.5. The number of allylic oxidation sites excluding steroid dienone is 1. The van der Waals surface area contributed by atoms with Crippen LogP contribution in [-0.2, 0) is 11.3 Å². The summed E-state index contributed by atoms with van der Waals surface area (Å²) in [5.74, 6) is 1.03. The van der Waals surface area contributed by atoms with Crippen LogP contribution in [0, 0.1) is 0 Å². The number of nitrogens with zero attached hydrogens (tertiary/aromatic N) is 3. The van der Waals surface area contributed by atoms with Crippen LogP contribution in [0.2, 0.25) is 0 Å². The molecular weight excluding hydrogens is 426 g/mol. The molecule has 2 N–H and O–H groups in total. The first kappa shape index (κ1) is 23.1. The Kier molecular flexibility index (Phi) is 8.04. The highest BCUT2D eigenvalue weighted by molar-refractivity contribution is 7.99. The van der Waals surface area contributed by atoms with Crippen LogP contribution in [0.15, 0.2) is 72.4 Å². The normalized spacial score (nSPS) is 11.4. The summed E-state index contributed by atoms with van der Waals surface area (Å²) in [4.78, 5) is 24.9. The number of aromatic nitrogens is 3. The molecule has 166 valence electrons. The molecule has 0 saturated carbocycles. The molecular formula is C23H25N5O3S. The molecule has 32 heavy (non-hydrogen) atoms. The summed E-state index contributed by atoms with van der Waals surface area (Å²) in [6.07, 6.45) is 1.72. The van der Waals surface area contributed by atoms with Crippen molar-refractivity contribution in [2.45, 2.75) is 24.7 Å². The van der Waals surface area contributed by atoms with Crippen molar-refractivity contribution in [3.8, 4) is 5.75 Å². The topological polar surface area (TPSA) is 98.1 Å². The summed E-state index contributed by atoms with van der Waals surface area (Å²) in [7, 11) is 1.57. The number of benzene rings is 2. The Hall–Kier alpha value is -3.59. The Morgan fingerprint density at radius 1 is 1.19 bits per heavy atom. The maximum Gasteiger partial charge on any atom is 0.251 e. The third-order valence-corrected chi connectivity index (χ3v) is 5.48. The molecule has 0 spiro atoms. The van der Waals surface area contributed by atoms with Gasteiger partial charge < -0.3 is 19.9 Å². The van der Waals surface area contributed by atoms with Gasteiger partial charge in [0, 0.05) is 23.9 Å². The number of carbonyl (C=O) groups is 2. The lowest BCUT2D eigenvalue weighted by molar-refractivity contribution is -0.113.